The van der Waals surface area contributed by atoms with Crippen LogP contribution in [0.25, 0.3) is 0 Å². The predicted molar refractivity (Wildman–Crippen MR) is 114 cm³/mol. The molecule has 0 aliphatic heterocycles. The lowest BCUT2D eigenvalue weighted by Gasteiger charge is -2.09. The van der Waals surface area contributed by atoms with Gasteiger partial charge in [-0.3, -0.25) is 0 Å². The summed E-state index contributed by atoms with van der Waals surface area (Å²) < 4.78 is 10.5. The van der Waals surface area contributed by atoms with Crippen molar-refractivity contribution in [1.82, 2.24) is 10.3 Å². The first-order valence-electron chi connectivity index (χ1n) is 7.71. The average molecular weight is 476 g/mol. The molecule has 6 nitrogen and oxygen atoms in total. The van der Waals surface area contributed by atoms with Gasteiger partial charge in [0.25, 0.3) is 0 Å². The lowest BCUT2D eigenvalue weighted by molar-refractivity contribution is 0.354. The zero-order valence-corrected chi connectivity index (χ0v) is 18.1. The van der Waals surface area contributed by atoms with Crippen LogP contribution < -0.4 is 20.5 Å². The van der Waals surface area contributed by atoms with E-state index in [1.165, 1.54) is 4.88 Å². The number of aryl methyl sites for hydroxylation is 2. The monoisotopic (exact) mass is 476 g/mol. The highest BCUT2D eigenvalue weighted by Gasteiger charge is 2.05. The Morgan fingerprint density at radius 1 is 1.24 bits per heavy atom. The Balaban J connectivity index is 0.00000312. The second-order valence-electron chi connectivity index (χ2n) is 5.31. The Bertz CT molecular complexity index is 719. The van der Waals surface area contributed by atoms with Crippen molar-refractivity contribution in [3.05, 3.63) is 39.3 Å². The number of thiazole rings is 1. The fourth-order valence-electron chi connectivity index (χ4n) is 2.32. The first-order valence-corrected chi connectivity index (χ1v) is 8.52. The maximum absolute atomic E-state index is 5.93. The van der Waals surface area contributed by atoms with Crippen LogP contribution in [-0.2, 0) is 13.0 Å². The van der Waals surface area contributed by atoms with Crippen LogP contribution >= 0.6 is 35.3 Å². The van der Waals surface area contributed by atoms with E-state index < -0.39 is 0 Å². The van der Waals surface area contributed by atoms with E-state index in [0.29, 0.717) is 24.0 Å². The zero-order valence-electron chi connectivity index (χ0n) is 15.0. The standard InChI is InChI=1S/C17H24N4O2S.HI/c1-11-16(24-12(2)21-11)7-8-19-17(18)20-10-13-5-6-14(22-3)15(9-13)23-4;/h5-6,9H,7-8,10H2,1-4H3,(H3,18,19,20);1H. The minimum atomic E-state index is 0. The molecule has 0 aliphatic rings. The number of methoxy groups -OCH3 is 2. The molecule has 2 aromatic rings. The Hall–Kier alpha value is -1.55. The quantitative estimate of drug-likeness (QED) is 0.365. The normalized spacial score (nSPS) is 11.0. The summed E-state index contributed by atoms with van der Waals surface area (Å²) >= 11 is 1.73. The molecule has 0 unspecified atom stereocenters. The lowest BCUT2D eigenvalue weighted by atomic mass is 10.2. The van der Waals surface area contributed by atoms with Gasteiger partial charge in [-0.1, -0.05) is 6.07 Å². The fraction of sp³-hybridized carbons (Fsp3) is 0.412. The molecule has 1 heterocycles. The summed E-state index contributed by atoms with van der Waals surface area (Å²) in [6, 6.07) is 5.71. The van der Waals surface area contributed by atoms with Crippen molar-refractivity contribution in [2.75, 3.05) is 20.8 Å². The summed E-state index contributed by atoms with van der Waals surface area (Å²) in [6.07, 6.45) is 0.893. The molecule has 0 saturated carbocycles. The van der Waals surface area contributed by atoms with Crippen molar-refractivity contribution in [3.8, 4) is 11.5 Å². The van der Waals surface area contributed by atoms with Gasteiger partial charge in [-0.25, -0.2) is 9.98 Å². The third-order valence-electron chi connectivity index (χ3n) is 3.54. The maximum Gasteiger partial charge on any atom is 0.188 e. The van der Waals surface area contributed by atoms with Crippen LogP contribution in [0.5, 0.6) is 11.5 Å². The Kier molecular flexibility index (Phi) is 8.98. The van der Waals surface area contributed by atoms with Crippen molar-refractivity contribution in [3.63, 3.8) is 0 Å². The number of halogens is 1. The van der Waals surface area contributed by atoms with E-state index in [9.17, 15) is 0 Å². The third-order valence-corrected chi connectivity index (χ3v) is 4.67. The van der Waals surface area contributed by atoms with Crippen LogP contribution in [0.2, 0.25) is 0 Å². The van der Waals surface area contributed by atoms with Crippen LogP contribution in [-0.4, -0.2) is 31.7 Å². The van der Waals surface area contributed by atoms with Gasteiger partial charge < -0.3 is 20.5 Å². The summed E-state index contributed by atoms with van der Waals surface area (Å²) in [5.74, 6) is 1.82. The fourth-order valence-corrected chi connectivity index (χ4v) is 3.26. The van der Waals surface area contributed by atoms with E-state index in [2.05, 4.69) is 15.3 Å². The van der Waals surface area contributed by atoms with Gasteiger partial charge >= 0.3 is 0 Å². The van der Waals surface area contributed by atoms with E-state index in [1.807, 2.05) is 32.0 Å². The van der Waals surface area contributed by atoms with E-state index in [0.717, 1.165) is 29.2 Å². The maximum atomic E-state index is 5.93. The van der Waals surface area contributed by atoms with Crippen LogP contribution in [0.3, 0.4) is 0 Å². The smallest absolute Gasteiger partial charge is 0.188 e. The molecule has 3 N–H and O–H groups in total. The number of nitrogens with two attached hydrogens (primary N) is 1. The molecule has 0 radical (unpaired) electrons. The van der Waals surface area contributed by atoms with Gasteiger partial charge in [-0.05, 0) is 31.5 Å². The highest BCUT2D eigenvalue weighted by molar-refractivity contribution is 14.0. The molecule has 0 bridgehead atoms. The van der Waals surface area contributed by atoms with Crippen molar-refractivity contribution in [1.29, 1.82) is 0 Å². The van der Waals surface area contributed by atoms with E-state index in [-0.39, 0.29) is 24.0 Å². The summed E-state index contributed by atoms with van der Waals surface area (Å²) in [6.45, 7) is 5.28. The molecule has 2 rings (SSSR count). The Morgan fingerprint density at radius 3 is 2.56 bits per heavy atom. The summed E-state index contributed by atoms with van der Waals surface area (Å²) in [5.41, 5.74) is 8.03. The van der Waals surface area contributed by atoms with Gasteiger partial charge in [0.15, 0.2) is 17.5 Å². The van der Waals surface area contributed by atoms with Gasteiger partial charge in [-0.15, -0.1) is 35.3 Å². The van der Waals surface area contributed by atoms with Crippen LogP contribution in [0.4, 0.5) is 0 Å². The molecule has 0 fully saturated rings. The van der Waals surface area contributed by atoms with E-state index in [4.69, 9.17) is 15.2 Å². The summed E-state index contributed by atoms with van der Waals surface area (Å²) in [7, 11) is 3.23. The molecule has 1 aromatic carbocycles. The Labute approximate surface area is 169 Å². The first kappa shape index (κ1) is 21.5. The lowest BCUT2D eigenvalue weighted by Crippen LogP contribution is -2.33. The topological polar surface area (TPSA) is 81.8 Å². The number of hydrogen-bond acceptors (Lipinski definition) is 5. The second kappa shape index (κ2) is 10.4. The molecule has 138 valence electrons. The number of rotatable bonds is 7. The van der Waals surface area contributed by atoms with Crippen molar-refractivity contribution in [2.45, 2.75) is 26.8 Å². The first-order chi connectivity index (χ1) is 11.5. The largest absolute Gasteiger partial charge is 0.493 e. The molecule has 1 aromatic heterocycles. The number of benzene rings is 1. The molecule has 0 saturated heterocycles. The summed E-state index contributed by atoms with van der Waals surface area (Å²) in [4.78, 5) is 10.1. The van der Waals surface area contributed by atoms with Crippen LogP contribution in [0, 0.1) is 13.8 Å². The molecule has 0 amide bonds. The minimum Gasteiger partial charge on any atom is -0.493 e. The number of hydrogen-bond donors (Lipinski definition) is 2. The van der Waals surface area contributed by atoms with Gasteiger partial charge in [-0.2, -0.15) is 0 Å². The number of ether oxygens (including phenoxy) is 2. The molecule has 0 spiro atoms. The number of aliphatic imine (C=N–C) groups is 1. The van der Waals surface area contributed by atoms with E-state index >= 15 is 0 Å². The van der Waals surface area contributed by atoms with Gasteiger partial charge in [0, 0.05) is 17.8 Å². The third kappa shape index (κ3) is 6.35. The molecule has 8 heteroatoms. The van der Waals surface area contributed by atoms with Crippen LogP contribution in [0.15, 0.2) is 23.2 Å². The molecule has 0 atom stereocenters. The van der Waals surface area contributed by atoms with Crippen molar-refractivity contribution < 1.29 is 9.47 Å². The minimum absolute atomic E-state index is 0. The number of guanidine groups is 1. The van der Waals surface area contributed by atoms with Gasteiger partial charge in [0.05, 0.1) is 31.5 Å². The number of aromatic nitrogens is 1. The Morgan fingerprint density at radius 2 is 1.96 bits per heavy atom. The highest BCUT2D eigenvalue weighted by Crippen LogP contribution is 2.27. The molecule has 25 heavy (non-hydrogen) atoms. The second-order valence-corrected chi connectivity index (χ2v) is 6.60. The molecular weight excluding hydrogens is 451 g/mol. The number of nitrogens with zero attached hydrogens (tertiary/aromatic N) is 2. The molecular formula is C17H25IN4O2S. The average Bonchev–Trinajstić information content (AvgIpc) is 2.90. The highest BCUT2D eigenvalue weighted by atomic mass is 127. The van der Waals surface area contributed by atoms with Crippen molar-refractivity contribution >= 4 is 41.3 Å². The SMILES string of the molecule is COc1ccc(CN=C(N)NCCc2sc(C)nc2C)cc1OC.I. The van der Waals surface area contributed by atoms with Crippen molar-refractivity contribution in [2.24, 2.45) is 10.7 Å². The van der Waals surface area contributed by atoms with Gasteiger partial charge in [0.1, 0.15) is 0 Å². The number of nitrogens with one attached hydrogen (secondary N) is 1. The summed E-state index contributed by atoms with van der Waals surface area (Å²) in [5, 5.41) is 4.23. The van der Waals surface area contributed by atoms with Gasteiger partial charge in [0.2, 0.25) is 0 Å². The zero-order chi connectivity index (χ0) is 17.5. The molecule has 0 aliphatic carbocycles. The van der Waals surface area contributed by atoms with E-state index in [1.54, 1.807) is 25.6 Å². The van der Waals surface area contributed by atoms with Crippen LogP contribution in [0.1, 0.15) is 21.1 Å². The predicted octanol–water partition coefficient (Wildman–Crippen LogP) is 3.04.